The first kappa shape index (κ1) is 28.9. The zero-order valence-corrected chi connectivity index (χ0v) is 26.2. The minimum atomic E-state index is 0.00558. The van der Waals surface area contributed by atoms with E-state index in [9.17, 15) is 9.59 Å². The molecular formula is C38H25BrO2S2. The summed E-state index contributed by atoms with van der Waals surface area (Å²) in [5, 5.41) is 0. The van der Waals surface area contributed by atoms with Crippen LogP contribution in [0.2, 0.25) is 0 Å². The van der Waals surface area contributed by atoms with Gasteiger partial charge in [0, 0.05) is 46.3 Å². The van der Waals surface area contributed by atoms with E-state index in [4.69, 9.17) is 0 Å². The molecule has 0 bridgehead atoms. The maximum absolute atomic E-state index is 12.9. The summed E-state index contributed by atoms with van der Waals surface area (Å²) in [5.74, 6) is 0.0399. The zero-order chi connectivity index (χ0) is 29.6. The number of hydrogen-bond acceptors (Lipinski definition) is 4. The average molecular weight is 658 g/mol. The average Bonchev–Trinajstić information content (AvgIpc) is 3.06. The highest BCUT2D eigenvalue weighted by atomic mass is 79.9. The molecule has 0 aliphatic carbocycles. The number of carbonyl (C=O) groups is 2. The monoisotopic (exact) mass is 656 g/mol. The summed E-state index contributed by atoms with van der Waals surface area (Å²) in [7, 11) is 0. The van der Waals surface area contributed by atoms with Crippen LogP contribution in [0.15, 0.2) is 176 Å². The molecule has 0 aliphatic rings. The van der Waals surface area contributed by atoms with E-state index < -0.39 is 0 Å². The van der Waals surface area contributed by atoms with Gasteiger partial charge in [-0.1, -0.05) is 108 Å². The lowest BCUT2D eigenvalue weighted by Crippen LogP contribution is -2.01. The normalized spacial score (nSPS) is 10.8. The van der Waals surface area contributed by atoms with Crippen LogP contribution in [0.4, 0.5) is 0 Å². The van der Waals surface area contributed by atoms with Gasteiger partial charge in [0.05, 0.1) is 0 Å². The third kappa shape index (κ3) is 7.08. The highest BCUT2D eigenvalue weighted by molar-refractivity contribution is 9.10. The summed E-state index contributed by atoms with van der Waals surface area (Å²) in [4.78, 5) is 29.9. The lowest BCUT2D eigenvalue weighted by atomic mass is 10.0. The van der Waals surface area contributed by atoms with Crippen LogP contribution in [0.1, 0.15) is 31.8 Å². The molecule has 6 aromatic rings. The van der Waals surface area contributed by atoms with E-state index in [1.54, 1.807) is 23.5 Å². The summed E-state index contributed by atoms with van der Waals surface area (Å²) >= 11 is 6.93. The van der Waals surface area contributed by atoms with Crippen LogP contribution in [-0.2, 0) is 0 Å². The Labute approximate surface area is 268 Å². The molecule has 6 aromatic carbocycles. The molecule has 0 saturated heterocycles. The van der Waals surface area contributed by atoms with Crippen molar-refractivity contribution in [3.63, 3.8) is 0 Å². The van der Waals surface area contributed by atoms with Gasteiger partial charge in [-0.3, -0.25) is 9.59 Å². The Morgan fingerprint density at radius 1 is 0.419 bits per heavy atom. The van der Waals surface area contributed by atoms with E-state index in [2.05, 4.69) is 64.5 Å². The fourth-order valence-electron chi connectivity index (χ4n) is 4.62. The number of hydrogen-bond donors (Lipinski definition) is 0. The van der Waals surface area contributed by atoms with Gasteiger partial charge >= 0.3 is 0 Å². The summed E-state index contributed by atoms with van der Waals surface area (Å²) in [6.07, 6.45) is 0. The highest BCUT2D eigenvalue weighted by Gasteiger charge is 2.13. The summed E-state index contributed by atoms with van der Waals surface area (Å²) in [6, 6.07) is 49.4. The lowest BCUT2D eigenvalue weighted by Gasteiger charge is -2.09. The highest BCUT2D eigenvalue weighted by Crippen LogP contribution is 2.34. The van der Waals surface area contributed by atoms with E-state index in [1.807, 2.05) is 103 Å². The Kier molecular flexibility index (Phi) is 9.04. The Bertz CT molecular complexity index is 1870. The molecule has 2 nitrogen and oxygen atoms in total. The fraction of sp³-hybridized carbons (Fsp3) is 0. The first-order valence-corrected chi connectivity index (χ1v) is 16.1. The third-order valence-electron chi connectivity index (χ3n) is 6.89. The standard InChI is InChI=1S/C38H25BrO2S2/c39-36-25-34(23-24-35(36)38(41)29-9-5-2-6-10-29)43-33-19-13-27(14-20-33)26-11-17-31(18-12-26)42-32-21-15-30(16-22-32)37(40)28-7-3-1-4-8-28/h1-25H. The van der Waals surface area contributed by atoms with Gasteiger partial charge in [-0.25, -0.2) is 0 Å². The van der Waals surface area contributed by atoms with Crippen molar-refractivity contribution in [1.82, 2.24) is 0 Å². The number of halogens is 1. The molecular weight excluding hydrogens is 632 g/mol. The minimum absolute atomic E-state index is 0.00558. The largest absolute Gasteiger partial charge is 0.289 e. The SMILES string of the molecule is O=C(c1ccccc1)c1ccc(Sc2ccc(-c3ccc(Sc4ccc(C(=O)c5ccccc5)c(Br)c4)cc3)cc2)cc1. The van der Waals surface area contributed by atoms with Crippen molar-refractivity contribution in [2.75, 3.05) is 0 Å². The molecule has 0 amide bonds. The van der Waals surface area contributed by atoms with Crippen LogP contribution < -0.4 is 0 Å². The van der Waals surface area contributed by atoms with Crippen molar-refractivity contribution in [3.05, 3.63) is 178 Å². The second-order valence-corrected chi connectivity index (χ2v) is 13.0. The Balaban J connectivity index is 1.07. The molecule has 0 aromatic heterocycles. The van der Waals surface area contributed by atoms with E-state index in [1.165, 1.54) is 0 Å². The third-order valence-corrected chi connectivity index (χ3v) is 9.56. The molecule has 0 heterocycles. The predicted molar refractivity (Wildman–Crippen MR) is 180 cm³/mol. The molecule has 0 unspecified atom stereocenters. The lowest BCUT2D eigenvalue weighted by molar-refractivity contribution is 0.103. The van der Waals surface area contributed by atoms with Crippen LogP contribution in [0.5, 0.6) is 0 Å². The summed E-state index contributed by atoms with van der Waals surface area (Å²) in [6.45, 7) is 0. The Morgan fingerprint density at radius 3 is 1.30 bits per heavy atom. The van der Waals surface area contributed by atoms with Crippen molar-refractivity contribution < 1.29 is 9.59 Å². The smallest absolute Gasteiger partial charge is 0.194 e. The molecule has 0 aliphatic heterocycles. The van der Waals surface area contributed by atoms with Gasteiger partial charge in [-0.15, -0.1) is 0 Å². The quantitative estimate of drug-likeness (QED) is 0.145. The van der Waals surface area contributed by atoms with Crippen LogP contribution in [0, 0.1) is 0 Å². The second kappa shape index (κ2) is 13.4. The molecule has 0 radical (unpaired) electrons. The molecule has 6 rings (SSSR count). The Morgan fingerprint density at radius 2 is 0.814 bits per heavy atom. The molecule has 5 heteroatoms. The Hall–Kier alpha value is -4.16. The zero-order valence-electron chi connectivity index (χ0n) is 22.9. The van der Waals surface area contributed by atoms with E-state index >= 15 is 0 Å². The summed E-state index contributed by atoms with van der Waals surface area (Å²) in [5.41, 5.74) is 5.02. The molecule has 0 spiro atoms. The summed E-state index contributed by atoms with van der Waals surface area (Å²) < 4.78 is 0.789. The topological polar surface area (TPSA) is 34.1 Å². The predicted octanol–water partition coefficient (Wildman–Crippen LogP) is 10.9. The van der Waals surface area contributed by atoms with Gasteiger partial charge in [-0.05, 0) is 93.8 Å². The second-order valence-electron chi connectivity index (χ2n) is 9.81. The molecule has 0 saturated carbocycles. The van der Waals surface area contributed by atoms with E-state index in [0.29, 0.717) is 22.3 Å². The fourth-order valence-corrected chi connectivity index (χ4v) is 7.01. The maximum Gasteiger partial charge on any atom is 0.194 e. The first-order valence-electron chi connectivity index (χ1n) is 13.7. The van der Waals surface area contributed by atoms with Gasteiger partial charge in [0.25, 0.3) is 0 Å². The molecule has 0 fully saturated rings. The van der Waals surface area contributed by atoms with Crippen molar-refractivity contribution in [3.8, 4) is 11.1 Å². The van der Waals surface area contributed by atoms with Gasteiger partial charge in [0.2, 0.25) is 0 Å². The van der Waals surface area contributed by atoms with Crippen molar-refractivity contribution in [2.45, 2.75) is 19.6 Å². The molecule has 0 atom stereocenters. The van der Waals surface area contributed by atoms with Crippen molar-refractivity contribution >= 4 is 51.0 Å². The molecule has 0 N–H and O–H groups in total. The van der Waals surface area contributed by atoms with Gasteiger partial charge in [0.15, 0.2) is 11.6 Å². The van der Waals surface area contributed by atoms with Crippen LogP contribution >= 0.6 is 39.5 Å². The van der Waals surface area contributed by atoms with Crippen LogP contribution in [0.25, 0.3) is 11.1 Å². The van der Waals surface area contributed by atoms with Gasteiger partial charge in [-0.2, -0.15) is 0 Å². The van der Waals surface area contributed by atoms with E-state index in [-0.39, 0.29) is 11.6 Å². The molecule has 43 heavy (non-hydrogen) atoms. The first-order chi connectivity index (χ1) is 21.0. The van der Waals surface area contributed by atoms with Crippen molar-refractivity contribution in [1.29, 1.82) is 0 Å². The number of carbonyl (C=O) groups excluding carboxylic acids is 2. The molecule has 208 valence electrons. The van der Waals surface area contributed by atoms with Crippen LogP contribution in [-0.4, -0.2) is 11.6 Å². The minimum Gasteiger partial charge on any atom is -0.289 e. The van der Waals surface area contributed by atoms with Gasteiger partial charge in [0.1, 0.15) is 0 Å². The van der Waals surface area contributed by atoms with Crippen LogP contribution in [0.3, 0.4) is 0 Å². The van der Waals surface area contributed by atoms with Gasteiger partial charge < -0.3 is 0 Å². The number of rotatable bonds is 9. The maximum atomic E-state index is 12.9. The number of ketones is 2. The number of benzene rings is 6. The van der Waals surface area contributed by atoms with Crippen molar-refractivity contribution in [2.24, 2.45) is 0 Å². The van der Waals surface area contributed by atoms with E-state index in [0.717, 1.165) is 35.2 Å².